The summed E-state index contributed by atoms with van der Waals surface area (Å²) in [6.45, 7) is 0.293. The zero-order valence-corrected chi connectivity index (χ0v) is 10.6. The first kappa shape index (κ1) is 13.4. The van der Waals surface area contributed by atoms with Crippen LogP contribution in [-0.2, 0) is 6.54 Å². The number of hydrogen-bond donors (Lipinski definition) is 1. The maximum atomic E-state index is 13.0. The highest BCUT2D eigenvalue weighted by Gasteiger charge is 2.06. The van der Waals surface area contributed by atoms with Crippen molar-refractivity contribution in [3.05, 3.63) is 48.4 Å². The number of halogens is 2. The molecule has 0 unspecified atom stereocenters. The molecule has 2 heterocycles. The SMILES string of the molecule is Cl.NCc1ncnn1-c1cnc2cc(F)ccc2c1. The van der Waals surface area contributed by atoms with E-state index in [1.54, 1.807) is 16.9 Å². The summed E-state index contributed by atoms with van der Waals surface area (Å²) in [5.41, 5.74) is 6.93. The van der Waals surface area contributed by atoms with Gasteiger partial charge < -0.3 is 5.73 Å². The van der Waals surface area contributed by atoms with Crippen LogP contribution in [0.25, 0.3) is 16.6 Å². The molecule has 1 aromatic carbocycles. The lowest BCUT2D eigenvalue weighted by atomic mass is 10.2. The first-order valence-electron chi connectivity index (χ1n) is 5.42. The summed E-state index contributed by atoms with van der Waals surface area (Å²) in [7, 11) is 0. The Bertz CT molecular complexity index is 712. The predicted molar refractivity (Wildman–Crippen MR) is 71.8 cm³/mol. The molecular weight excluding hydrogens is 269 g/mol. The standard InChI is InChI=1S/C12H10FN5.ClH/c13-9-2-1-8-3-10(6-15-11(8)4-9)18-12(5-14)16-7-17-18;/h1-4,6-7H,5,14H2;1H. The Kier molecular flexibility index (Phi) is 3.73. The van der Waals surface area contributed by atoms with Crippen LogP contribution >= 0.6 is 12.4 Å². The fraction of sp³-hybridized carbons (Fsp3) is 0.0833. The van der Waals surface area contributed by atoms with Crippen molar-refractivity contribution < 1.29 is 4.39 Å². The minimum absolute atomic E-state index is 0. The highest BCUT2D eigenvalue weighted by molar-refractivity contribution is 5.85. The van der Waals surface area contributed by atoms with Crippen molar-refractivity contribution >= 4 is 23.3 Å². The van der Waals surface area contributed by atoms with E-state index in [4.69, 9.17) is 5.73 Å². The summed E-state index contributed by atoms with van der Waals surface area (Å²) in [6.07, 6.45) is 3.06. The third kappa shape index (κ3) is 2.40. The van der Waals surface area contributed by atoms with E-state index in [0.29, 0.717) is 17.9 Å². The van der Waals surface area contributed by atoms with Crippen LogP contribution in [0, 0.1) is 5.82 Å². The monoisotopic (exact) mass is 279 g/mol. The number of hydrogen-bond acceptors (Lipinski definition) is 4. The Hall–Kier alpha value is -2.05. The van der Waals surface area contributed by atoms with Crippen LogP contribution in [0.4, 0.5) is 4.39 Å². The van der Waals surface area contributed by atoms with Gasteiger partial charge >= 0.3 is 0 Å². The molecule has 7 heteroatoms. The summed E-state index contributed by atoms with van der Waals surface area (Å²) in [5, 5.41) is 4.93. The van der Waals surface area contributed by atoms with Crippen molar-refractivity contribution in [1.29, 1.82) is 0 Å². The topological polar surface area (TPSA) is 69.6 Å². The van der Waals surface area contributed by atoms with E-state index in [2.05, 4.69) is 15.1 Å². The van der Waals surface area contributed by atoms with Gasteiger partial charge in [0, 0.05) is 11.5 Å². The molecule has 0 aliphatic rings. The van der Waals surface area contributed by atoms with Crippen molar-refractivity contribution in [2.24, 2.45) is 5.73 Å². The minimum Gasteiger partial charge on any atom is -0.324 e. The number of pyridine rings is 1. The fourth-order valence-electron chi connectivity index (χ4n) is 1.82. The first-order chi connectivity index (χ1) is 8.78. The maximum Gasteiger partial charge on any atom is 0.146 e. The average molecular weight is 280 g/mol. The molecule has 3 aromatic rings. The fourth-order valence-corrected chi connectivity index (χ4v) is 1.82. The Morgan fingerprint density at radius 3 is 2.84 bits per heavy atom. The molecule has 0 saturated heterocycles. The second-order valence-corrected chi connectivity index (χ2v) is 3.82. The highest BCUT2D eigenvalue weighted by atomic mass is 35.5. The molecule has 5 nitrogen and oxygen atoms in total. The molecule has 98 valence electrons. The van der Waals surface area contributed by atoms with Gasteiger partial charge in [0.15, 0.2) is 0 Å². The lowest BCUT2D eigenvalue weighted by Gasteiger charge is -2.05. The van der Waals surface area contributed by atoms with Crippen molar-refractivity contribution in [3.63, 3.8) is 0 Å². The van der Waals surface area contributed by atoms with E-state index in [1.807, 2.05) is 6.07 Å². The van der Waals surface area contributed by atoms with Crippen LogP contribution in [0.3, 0.4) is 0 Å². The molecule has 0 amide bonds. The van der Waals surface area contributed by atoms with Crippen LogP contribution in [0.15, 0.2) is 36.8 Å². The molecule has 0 atom stereocenters. The second kappa shape index (κ2) is 5.29. The molecule has 2 N–H and O–H groups in total. The predicted octanol–water partition coefficient (Wildman–Crippen LogP) is 1.84. The van der Waals surface area contributed by atoms with Crippen LogP contribution in [-0.4, -0.2) is 19.7 Å². The first-order valence-corrected chi connectivity index (χ1v) is 5.42. The molecule has 2 aromatic heterocycles. The van der Waals surface area contributed by atoms with Gasteiger partial charge in [0.05, 0.1) is 23.9 Å². The molecule has 0 spiro atoms. The van der Waals surface area contributed by atoms with Gasteiger partial charge in [-0.25, -0.2) is 14.1 Å². The average Bonchev–Trinajstić information content (AvgIpc) is 2.86. The largest absolute Gasteiger partial charge is 0.324 e. The molecule has 0 aliphatic carbocycles. The van der Waals surface area contributed by atoms with Crippen molar-refractivity contribution in [1.82, 2.24) is 19.7 Å². The van der Waals surface area contributed by atoms with E-state index >= 15 is 0 Å². The summed E-state index contributed by atoms with van der Waals surface area (Å²) >= 11 is 0. The zero-order chi connectivity index (χ0) is 12.5. The molecule has 0 saturated carbocycles. The lowest BCUT2D eigenvalue weighted by molar-refractivity contribution is 0.629. The molecule has 0 fully saturated rings. The summed E-state index contributed by atoms with van der Waals surface area (Å²) in [4.78, 5) is 8.25. The van der Waals surface area contributed by atoms with Gasteiger partial charge in [-0.2, -0.15) is 5.10 Å². The smallest absolute Gasteiger partial charge is 0.146 e. The van der Waals surface area contributed by atoms with E-state index in [1.165, 1.54) is 18.5 Å². The molecular formula is C12H11ClFN5. The molecule has 0 bridgehead atoms. The number of aromatic nitrogens is 4. The van der Waals surface area contributed by atoms with Crippen LogP contribution < -0.4 is 5.73 Å². The molecule has 0 radical (unpaired) electrons. The van der Waals surface area contributed by atoms with Gasteiger partial charge in [-0.3, -0.25) is 4.98 Å². The normalized spacial score (nSPS) is 10.4. The number of nitrogens with zero attached hydrogens (tertiary/aromatic N) is 4. The summed E-state index contributed by atoms with van der Waals surface area (Å²) in [5.74, 6) is 0.351. The minimum atomic E-state index is -0.300. The van der Waals surface area contributed by atoms with E-state index in [0.717, 1.165) is 11.1 Å². The van der Waals surface area contributed by atoms with E-state index in [-0.39, 0.29) is 18.2 Å². The van der Waals surface area contributed by atoms with Crippen LogP contribution in [0.2, 0.25) is 0 Å². The Labute approximate surface area is 114 Å². The van der Waals surface area contributed by atoms with E-state index < -0.39 is 0 Å². The molecule has 19 heavy (non-hydrogen) atoms. The molecule has 3 rings (SSSR count). The van der Waals surface area contributed by atoms with Gasteiger partial charge in [0.2, 0.25) is 0 Å². The number of nitrogens with two attached hydrogens (primary N) is 1. The summed E-state index contributed by atoms with van der Waals surface area (Å²) in [6, 6.07) is 6.35. The number of benzene rings is 1. The van der Waals surface area contributed by atoms with Gasteiger partial charge in [-0.05, 0) is 18.2 Å². The Morgan fingerprint density at radius 2 is 2.05 bits per heavy atom. The van der Waals surface area contributed by atoms with Gasteiger partial charge in [-0.15, -0.1) is 12.4 Å². The lowest BCUT2D eigenvalue weighted by Crippen LogP contribution is -2.08. The number of rotatable bonds is 2. The van der Waals surface area contributed by atoms with Gasteiger partial charge in [0.1, 0.15) is 18.0 Å². The number of fused-ring (bicyclic) bond motifs is 1. The third-order valence-corrected chi connectivity index (χ3v) is 2.68. The van der Waals surface area contributed by atoms with E-state index in [9.17, 15) is 4.39 Å². The van der Waals surface area contributed by atoms with Gasteiger partial charge in [0.25, 0.3) is 0 Å². The maximum absolute atomic E-state index is 13.0. The second-order valence-electron chi connectivity index (χ2n) is 3.82. The zero-order valence-electron chi connectivity index (χ0n) is 9.82. The van der Waals surface area contributed by atoms with Crippen molar-refractivity contribution in [2.45, 2.75) is 6.54 Å². The Morgan fingerprint density at radius 1 is 1.21 bits per heavy atom. The highest BCUT2D eigenvalue weighted by Crippen LogP contribution is 2.17. The van der Waals surface area contributed by atoms with Crippen LogP contribution in [0.1, 0.15) is 5.82 Å². The quantitative estimate of drug-likeness (QED) is 0.777. The van der Waals surface area contributed by atoms with Gasteiger partial charge in [-0.1, -0.05) is 0 Å². The van der Waals surface area contributed by atoms with Crippen molar-refractivity contribution in [3.8, 4) is 5.69 Å². The summed E-state index contributed by atoms with van der Waals surface area (Å²) < 4.78 is 14.7. The third-order valence-electron chi connectivity index (χ3n) is 2.68. The Balaban J connectivity index is 0.00000133. The molecule has 0 aliphatic heterocycles. The van der Waals surface area contributed by atoms with Crippen LogP contribution in [0.5, 0.6) is 0 Å². The van der Waals surface area contributed by atoms with Crippen molar-refractivity contribution in [2.75, 3.05) is 0 Å².